The molecule has 1 N–H and O–H groups in total. The molecule has 0 fully saturated rings. The molecule has 138 valence electrons. The number of carbonyl (C=O) groups excluding carboxylic acids is 1. The molecule has 1 aliphatic rings. The highest BCUT2D eigenvalue weighted by molar-refractivity contribution is 7.60. The lowest BCUT2D eigenvalue weighted by Crippen LogP contribution is -2.38. The van der Waals surface area contributed by atoms with E-state index in [4.69, 9.17) is 9.05 Å². The molecule has 0 bridgehead atoms. The van der Waals surface area contributed by atoms with Gasteiger partial charge in [0, 0.05) is 6.54 Å². The molecule has 1 aliphatic heterocycles. The molecular weight excluding hydrogens is 341 g/mol. The van der Waals surface area contributed by atoms with Gasteiger partial charge in [0.1, 0.15) is 5.76 Å². The number of amides is 1. The summed E-state index contributed by atoms with van der Waals surface area (Å²) in [5.41, 5.74) is 0.929. The minimum atomic E-state index is -3.86. The van der Waals surface area contributed by atoms with Gasteiger partial charge in [0.15, 0.2) is 5.31 Å². The highest BCUT2D eigenvalue weighted by Crippen LogP contribution is 2.60. The molecule has 1 heterocycles. The van der Waals surface area contributed by atoms with Gasteiger partial charge in [-0.1, -0.05) is 44.2 Å². The fourth-order valence-electron chi connectivity index (χ4n) is 3.05. The smallest absolute Gasteiger partial charge is 0.370 e. The second kappa shape index (κ2) is 8.17. The Kier molecular flexibility index (Phi) is 6.44. The van der Waals surface area contributed by atoms with Crippen LogP contribution in [0.2, 0.25) is 0 Å². The summed E-state index contributed by atoms with van der Waals surface area (Å²) in [5.74, 6) is -0.756. The maximum atomic E-state index is 13.1. The van der Waals surface area contributed by atoms with Crippen LogP contribution in [0.5, 0.6) is 0 Å². The van der Waals surface area contributed by atoms with Crippen LogP contribution >= 0.6 is 7.60 Å². The Morgan fingerprint density at radius 2 is 1.72 bits per heavy atom. The standard InChI is InChI=1S/C18H26NO5P/c1-5-23-25(22,24-6-2)17-16(20)15(13(3)4)19(18(17)21)12-14-10-8-7-9-11-14/h7-11,13,15,20H,5-6,12H2,1-4H3. The summed E-state index contributed by atoms with van der Waals surface area (Å²) in [4.78, 5) is 14.5. The third-order valence-electron chi connectivity index (χ3n) is 4.02. The van der Waals surface area contributed by atoms with Gasteiger partial charge in [-0.2, -0.15) is 0 Å². The summed E-state index contributed by atoms with van der Waals surface area (Å²) >= 11 is 0. The zero-order valence-electron chi connectivity index (χ0n) is 15.1. The van der Waals surface area contributed by atoms with Crippen LogP contribution in [0, 0.1) is 5.92 Å². The molecule has 1 aromatic rings. The van der Waals surface area contributed by atoms with Crippen LogP contribution in [0.15, 0.2) is 41.4 Å². The Balaban J connectivity index is 2.43. The fraction of sp³-hybridized carbons (Fsp3) is 0.500. The molecule has 25 heavy (non-hydrogen) atoms. The fourth-order valence-corrected chi connectivity index (χ4v) is 4.84. The molecule has 0 aliphatic carbocycles. The van der Waals surface area contributed by atoms with E-state index < -0.39 is 19.5 Å². The first-order chi connectivity index (χ1) is 11.9. The third kappa shape index (κ3) is 3.97. The molecule has 0 radical (unpaired) electrons. The lowest BCUT2D eigenvalue weighted by atomic mass is 10.0. The van der Waals surface area contributed by atoms with Crippen LogP contribution in [-0.4, -0.2) is 35.2 Å². The van der Waals surface area contributed by atoms with Crippen molar-refractivity contribution in [1.29, 1.82) is 0 Å². The number of carbonyl (C=O) groups is 1. The zero-order chi connectivity index (χ0) is 18.6. The Labute approximate surface area is 149 Å². The first-order valence-corrected chi connectivity index (χ1v) is 10.1. The normalized spacial score (nSPS) is 18.5. The third-order valence-corrected chi connectivity index (χ3v) is 6.19. The van der Waals surface area contributed by atoms with E-state index in [-0.39, 0.29) is 30.2 Å². The lowest BCUT2D eigenvalue weighted by molar-refractivity contribution is -0.128. The summed E-state index contributed by atoms with van der Waals surface area (Å²) in [5, 5.41) is 10.5. The largest absolute Gasteiger partial charge is 0.509 e. The maximum absolute atomic E-state index is 13.1. The minimum Gasteiger partial charge on any atom is -0.509 e. The number of aliphatic hydroxyl groups excluding tert-OH is 1. The Hall–Kier alpha value is -1.62. The van der Waals surface area contributed by atoms with Crippen LogP contribution in [0.25, 0.3) is 0 Å². The number of hydrogen-bond donors (Lipinski definition) is 1. The van der Waals surface area contributed by atoms with Crippen molar-refractivity contribution in [2.45, 2.75) is 40.3 Å². The molecule has 1 unspecified atom stereocenters. The van der Waals surface area contributed by atoms with Gasteiger partial charge in [0.2, 0.25) is 0 Å². The molecular formula is C18H26NO5P. The first-order valence-electron chi connectivity index (χ1n) is 8.53. The van der Waals surface area contributed by atoms with Crippen molar-refractivity contribution < 1.29 is 23.5 Å². The Bertz CT molecular complexity index is 676. The Morgan fingerprint density at radius 3 is 2.20 bits per heavy atom. The number of aliphatic hydroxyl groups is 1. The van der Waals surface area contributed by atoms with Crippen LogP contribution in [-0.2, 0) is 25.0 Å². The van der Waals surface area contributed by atoms with Crippen LogP contribution in [0.3, 0.4) is 0 Å². The van der Waals surface area contributed by atoms with Crippen LogP contribution < -0.4 is 0 Å². The predicted octanol–water partition coefficient (Wildman–Crippen LogP) is 4.09. The second-order valence-electron chi connectivity index (χ2n) is 6.17. The minimum absolute atomic E-state index is 0.0538. The van der Waals surface area contributed by atoms with E-state index in [2.05, 4.69) is 0 Å². The van der Waals surface area contributed by atoms with Gasteiger partial charge in [0.05, 0.1) is 19.3 Å². The van der Waals surface area contributed by atoms with Gasteiger partial charge in [-0.15, -0.1) is 0 Å². The zero-order valence-corrected chi connectivity index (χ0v) is 16.0. The van der Waals surface area contributed by atoms with Crippen molar-refractivity contribution in [2.24, 2.45) is 5.92 Å². The molecule has 7 heteroatoms. The number of nitrogens with zero attached hydrogens (tertiary/aromatic N) is 1. The summed E-state index contributed by atoms with van der Waals surface area (Å²) in [6, 6.07) is 8.93. The van der Waals surface area contributed by atoms with Gasteiger partial charge < -0.3 is 19.1 Å². The number of benzene rings is 1. The van der Waals surface area contributed by atoms with Crippen LogP contribution in [0.4, 0.5) is 0 Å². The molecule has 2 rings (SSSR count). The maximum Gasteiger partial charge on any atom is 0.370 e. The molecule has 0 spiro atoms. The lowest BCUT2D eigenvalue weighted by Gasteiger charge is -2.28. The van der Waals surface area contributed by atoms with Crippen molar-refractivity contribution in [2.75, 3.05) is 13.2 Å². The highest BCUT2D eigenvalue weighted by atomic mass is 31.2. The molecule has 1 atom stereocenters. The van der Waals surface area contributed by atoms with Gasteiger partial charge in [0.25, 0.3) is 5.91 Å². The van der Waals surface area contributed by atoms with E-state index in [9.17, 15) is 14.5 Å². The second-order valence-corrected chi connectivity index (χ2v) is 8.13. The van der Waals surface area contributed by atoms with Crippen molar-refractivity contribution in [3.63, 3.8) is 0 Å². The summed E-state index contributed by atoms with van der Waals surface area (Å²) in [6.07, 6.45) is 0. The Morgan fingerprint density at radius 1 is 1.16 bits per heavy atom. The molecule has 0 saturated carbocycles. The van der Waals surface area contributed by atoms with Crippen molar-refractivity contribution in [3.05, 3.63) is 47.0 Å². The van der Waals surface area contributed by atoms with Crippen LogP contribution in [0.1, 0.15) is 33.3 Å². The van der Waals surface area contributed by atoms with Gasteiger partial charge >= 0.3 is 7.60 Å². The van der Waals surface area contributed by atoms with E-state index in [0.29, 0.717) is 6.54 Å². The predicted molar refractivity (Wildman–Crippen MR) is 96.1 cm³/mol. The van der Waals surface area contributed by atoms with E-state index in [1.54, 1.807) is 13.8 Å². The summed E-state index contributed by atoms with van der Waals surface area (Å²) < 4.78 is 23.7. The van der Waals surface area contributed by atoms with E-state index >= 15 is 0 Å². The highest BCUT2D eigenvalue weighted by Gasteiger charge is 2.50. The summed E-state index contributed by atoms with van der Waals surface area (Å²) in [7, 11) is -3.86. The van der Waals surface area contributed by atoms with Gasteiger partial charge in [-0.3, -0.25) is 9.36 Å². The number of hydrogen-bond acceptors (Lipinski definition) is 5. The van der Waals surface area contributed by atoms with E-state index in [0.717, 1.165) is 5.56 Å². The average Bonchev–Trinajstić information content (AvgIpc) is 2.80. The van der Waals surface area contributed by atoms with Gasteiger partial charge in [-0.25, -0.2) is 0 Å². The summed E-state index contributed by atoms with van der Waals surface area (Å²) in [6.45, 7) is 7.70. The monoisotopic (exact) mass is 367 g/mol. The molecule has 1 aromatic carbocycles. The van der Waals surface area contributed by atoms with Crippen molar-refractivity contribution in [3.8, 4) is 0 Å². The quantitative estimate of drug-likeness (QED) is 0.701. The average molecular weight is 367 g/mol. The van der Waals surface area contributed by atoms with E-state index in [1.807, 2.05) is 44.2 Å². The SMILES string of the molecule is CCOP(=O)(OCC)C1=C(O)C(C(C)C)N(Cc2ccccc2)C1=O. The van der Waals surface area contributed by atoms with E-state index in [1.165, 1.54) is 4.90 Å². The number of rotatable bonds is 8. The van der Waals surface area contributed by atoms with Gasteiger partial charge in [-0.05, 0) is 25.3 Å². The first kappa shape index (κ1) is 19.7. The van der Waals surface area contributed by atoms with Crippen molar-refractivity contribution >= 4 is 13.5 Å². The molecule has 0 aromatic heterocycles. The van der Waals surface area contributed by atoms with Crippen molar-refractivity contribution in [1.82, 2.24) is 4.90 Å². The molecule has 0 saturated heterocycles. The molecule has 6 nitrogen and oxygen atoms in total. The molecule has 1 amide bonds. The topological polar surface area (TPSA) is 76.1 Å².